The van der Waals surface area contributed by atoms with Gasteiger partial charge in [0.2, 0.25) is 0 Å². The number of ether oxygens (including phenoxy) is 1. The van der Waals surface area contributed by atoms with E-state index in [-0.39, 0.29) is 0 Å². The second kappa shape index (κ2) is 5.75. The molecule has 0 aliphatic heterocycles. The molecule has 5 heteroatoms. The number of furan rings is 1. The van der Waals surface area contributed by atoms with Crippen LogP contribution in [0.4, 0.5) is 0 Å². The largest absolute Gasteiger partial charge is 0.463 e. The van der Waals surface area contributed by atoms with Crippen LogP contribution in [0.5, 0.6) is 0 Å². The van der Waals surface area contributed by atoms with Crippen molar-refractivity contribution in [2.75, 3.05) is 13.7 Å². The van der Waals surface area contributed by atoms with E-state index < -0.39 is 5.91 Å². The van der Waals surface area contributed by atoms with Crippen LogP contribution in [0.15, 0.2) is 28.9 Å². The van der Waals surface area contributed by atoms with E-state index in [1.54, 1.807) is 19.4 Å². The summed E-state index contributed by atoms with van der Waals surface area (Å²) >= 11 is 0. The van der Waals surface area contributed by atoms with Gasteiger partial charge in [-0.25, -0.2) is 0 Å². The van der Waals surface area contributed by atoms with E-state index in [9.17, 15) is 4.79 Å². The van der Waals surface area contributed by atoms with Gasteiger partial charge in [0.15, 0.2) is 0 Å². The number of primary amides is 1. The topological polar surface area (TPSA) is 70.4 Å². The smallest absolute Gasteiger partial charge is 0.250 e. The van der Waals surface area contributed by atoms with Crippen LogP contribution in [-0.2, 0) is 11.3 Å². The Morgan fingerprint density at radius 2 is 2.32 bits per heavy atom. The fourth-order valence-electron chi connectivity index (χ4n) is 2.18. The summed E-state index contributed by atoms with van der Waals surface area (Å²) in [4.78, 5) is 11.4. The van der Waals surface area contributed by atoms with E-state index in [1.807, 2.05) is 23.6 Å². The number of aromatic nitrogens is 1. The predicted octanol–water partition coefficient (Wildman–Crippen LogP) is 2.19. The minimum absolute atomic E-state index is 0.421. The Hall–Kier alpha value is -2.01. The highest BCUT2D eigenvalue weighted by atomic mass is 16.5. The molecule has 2 heterocycles. The maximum Gasteiger partial charge on any atom is 0.250 e. The summed E-state index contributed by atoms with van der Waals surface area (Å²) < 4.78 is 12.5. The van der Waals surface area contributed by atoms with Gasteiger partial charge < -0.3 is 19.5 Å². The van der Waals surface area contributed by atoms with E-state index in [4.69, 9.17) is 14.9 Å². The maximum atomic E-state index is 11.4. The first-order valence-corrected chi connectivity index (χ1v) is 6.18. The van der Waals surface area contributed by atoms with Crippen molar-refractivity contribution in [3.05, 3.63) is 35.7 Å². The number of nitrogens with two attached hydrogens (primary N) is 1. The Bertz CT molecular complexity index is 556. The van der Waals surface area contributed by atoms with Gasteiger partial charge in [-0.1, -0.05) is 0 Å². The lowest BCUT2D eigenvalue weighted by molar-refractivity contribution is 0.0999. The van der Waals surface area contributed by atoms with Crippen molar-refractivity contribution in [3.8, 4) is 11.5 Å². The van der Waals surface area contributed by atoms with Crippen molar-refractivity contribution in [1.82, 2.24) is 4.57 Å². The zero-order valence-electron chi connectivity index (χ0n) is 11.2. The maximum absolute atomic E-state index is 11.4. The van der Waals surface area contributed by atoms with Crippen molar-refractivity contribution < 1.29 is 13.9 Å². The van der Waals surface area contributed by atoms with E-state index in [0.717, 1.165) is 30.1 Å². The molecule has 0 spiro atoms. The molecule has 1 amide bonds. The van der Waals surface area contributed by atoms with Gasteiger partial charge in [-0.2, -0.15) is 0 Å². The van der Waals surface area contributed by atoms with E-state index in [1.165, 1.54) is 0 Å². The fraction of sp³-hybridized carbons (Fsp3) is 0.357. The zero-order valence-corrected chi connectivity index (χ0v) is 11.2. The molecule has 0 atom stereocenters. The first kappa shape index (κ1) is 13.4. The third kappa shape index (κ3) is 2.71. The van der Waals surface area contributed by atoms with E-state index in [2.05, 4.69) is 0 Å². The number of nitrogens with zero attached hydrogens (tertiary/aromatic N) is 1. The van der Waals surface area contributed by atoms with Gasteiger partial charge in [0.05, 0.1) is 17.5 Å². The van der Waals surface area contributed by atoms with Crippen LogP contribution >= 0.6 is 0 Å². The van der Waals surface area contributed by atoms with Crippen molar-refractivity contribution in [2.45, 2.75) is 19.9 Å². The van der Waals surface area contributed by atoms with Gasteiger partial charge in [0.1, 0.15) is 5.76 Å². The molecule has 0 aromatic carbocycles. The molecule has 2 rings (SSSR count). The van der Waals surface area contributed by atoms with Crippen LogP contribution in [0, 0.1) is 6.92 Å². The van der Waals surface area contributed by atoms with Crippen molar-refractivity contribution in [1.29, 1.82) is 0 Å². The molecule has 0 aliphatic carbocycles. The molecule has 0 aliphatic rings. The van der Waals surface area contributed by atoms with Gasteiger partial charge in [-0.15, -0.1) is 0 Å². The summed E-state index contributed by atoms with van der Waals surface area (Å²) in [5, 5.41) is 0. The molecule has 0 fully saturated rings. The van der Waals surface area contributed by atoms with Gasteiger partial charge in [0, 0.05) is 26.0 Å². The average Bonchev–Trinajstić information content (AvgIpc) is 2.98. The van der Waals surface area contributed by atoms with Crippen LogP contribution in [0.25, 0.3) is 11.5 Å². The van der Waals surface area contributed by atoms with Crippen LogP contribution in [0.1, 0.15) is 22.5 Å². The number of hydrogen-bond donors (Lipinski definition) is 1. The number of amides is 1. The lowest BCUT2D eigenvalue weighted by Crippen LogP contribution is -2.12. The number of methoxy groups -OCH3 is 1. The molecular weight excluding hydrogens is 244 g/mol. The van der Waals surface area contributed by atoms with Crippen molar-refractivity contribution in [3.63, 3.8) is 0 Å². The van der Waals surface area contributed by atoms with Crippen LogP contribution in [0.2, 0.25) is 0 Å². The molecule has 0 radical (unpaired) electrons. The van der Waals surface area contributed by atoms with Gasteiger partial charge in [0.25, 0.3) is 5.91 Å². The molecule has 0 unspecified atom stereocenters. The number of rotatable bonds is 6. The Labute approximate surface area is 112 Å². The normalized spacial score (nSPS) is 10.8. The molecule has 2 aromatic rings. The average molecular weight is 262 g/mol. The Kier molecular flexibility index (Phi) is 4.06. The highest BCUT2D eigenvalue weighted by Gasteiger charge is 2.17. The molecular formula is C14H18N2O3. The van der Waals surface area contributed by atoms with Gasteiger partial charge in [-0.05, 0) is 31.5 Å². The first-order valence-electron chi connectivity index (χ1n) is 6.18. The summed E-state index contributed by atoms with van der Waals surface area (Å²) in [7, 11) is 1.67. The van der Waals surface area contributed by atoms with Crippen LogP contribution < -0.4 is 5.73 Å². The summed E-state index contributed by atoms with van der Waals surface area (Å²) in [6.07, 6.45) is 2.47. The number of carbonyl (C=O) groups is 1. The monoisotopic (exact) mass is 262 g/mol. The molecule has 2 N–H and O–H groups in total. The van der Waals surface area contributed by atoms with Crippen molar-refractivity contribution >= 4 is 5.91 Å². The minimum Gasteiger partial charge on any atom is -0.463 e. The minimum atomic E-state index is -0.421. The second-order valence-electron chi connectivity index (χ2n) is 4.37. The Balaban J connectivity index is 2.39. The molecule has 5 nitrogen and oxygen atoms in total. The molecule has 102 valence electrons. The van der Waals surface area contributed by atoms with Crippen LogP contribution in [-0.4, -0.2) is 24.2 Å². The molecule has 0 saturated heterocycles. The SMILES string of the molecule is COCCCn1c(-c2ccco2)cc(C(N)=O)c1C. The summed E-state index contributed by atoms with van der Waals surface area (Å²) in [5.74, 6) is 0.309. The molecule has 0 bridgehead atoms. The zero-order chi connectivity index (χ0) is 13.8. The fourth-order valence-corrected chi connectivity index (χ4v) is 2.18. The molecule has 19 heavy (non-hydrogen) atoms. The molecule has 2 aromatic heterocycles. The highest BCUT2D eigenvalue weighted by Crippen LogP contribution is 2.26. The summed E-state index contributed by atoms with van der Waals surface area (Å²) in [6, 6.07) is 5.47. The third-order valence-corrected chi connectivity index (χ3v) is 3.14. The lowest BCUT2D eigenvalue weighted by Gasteiger charge is -2.10. The van der Waals surface area contributed by atoms with Crippen LogP contribution in [0.3, 0.4) is 0 Å². The lowest BCUT2D eigenvalue weighted by atomic mass is 10.2. The number of hydrogen-bond acceptors (Lipinski definition) is 3. The van der Waals surface area contributed by atoms with Gasteiger partial charge in [-0.3, -0.25) is 4.79 Å². The van der Waals surface area contributed by atoms with E-state index in [0.29, 0.717) is 12.2 Å². The van der Waals surface area contributed by atoms with Crippen molar-refractivity contribution in [2.24, 2.45) is 5.73 Å². The summed E-state index contributed by atoms with van der Waals surface area (Å²) in [5.41, 5.74) is 7.65. The summed E-state index contributed by atoms with van der Waals surface area (Å²) in [6.45, 7) is 3.31. The van der Waals surface area contributed by atoms with E-state index >= 15 is 0 Å². The Morgan fingerprint density at radius 3 is 2.89 bits per heavy atom. The predicted molar refractivity (Wildman–Crippen MR) is 71.9 cm³/mol. The quantitative estimate of drug-likeness (QED) is 0.811. The second-order valence-corrected chi connectivity index (χ2v) is 4.37. The number of carbonyl (C=O) groups excluding carboxylic acids is 1. The third-order valence-electron chi connectivity index (χ3n) is 3.14. The Morgan fingerprint density at radius 1 is 1.53 bits per heavy atom. The standard InChI is InChI=1S/C14H18N2O3/c1-10-11(14(15)17)9-12(13-5-3-8-19-13)16(10)6-4-7-18-2/h3,5,8-9H,4,6-7H2,1-2H3,(H2,15,17). The molecule has 0 saturated carbocycles. The van der Waals surface area contributed by atoms with Gasteiger partial charge >= 0.3 is 0 Å². The highest BCUT2D eigenvalue weighted by molar-refractivity contribution is 5.95. The first-order chi connectivity index (χ1) is 9.15.